The second-order valence-electron chi connectivity index (χ2n) is 5.07. The molecule has 2 fully saturated rings. The van der Waals surface area contributed by atoms with E-state index in [0.29, 0.717) is 13.2 Å². The number of carbonyl (C=O) groups excluding carboxylic acids is 2. The van der Waals surface area contributed by atoms with Gasteiger partial charge in [-0.15, -0.1) is 0 Å². The highest BCUT2D eigenvalue weighted by Crippen LogP contribution is 2.21. The fourth-order valence-corrected chi connectivity index (χ4v) is 2.75. The van der Waals surface area contributed by atoms with Gasteiger partial charge in [0.05, 0.1) is 18.4 Å². The van der Waals surface area contributed by atoms with Crippen molar-refractivity contribution in [1.29, 1.82) is 0 Å². The molecule has 2 saturated heterocycles. The molecule has 2 unspecified atom stereocenters. The van der Waals surface area contributed by atoms with E-state index in [2.05, 4.69) is 5.32 Å². The molecule has 0 spiro atoms. The third-order valence-electron chi connectivity index (χ3n) is 3.76. The van der Waals surface area contributed by atoms with E-state index in [1.165, 1.54) is 0 Å². The molecule has 102 valence electrons. The number of rotatable bonds is 3. The van der Waals surface area contributed by atoms with Crippen LogP contribution in [0.15, 0.2) is 0 Å². The monoisotopic (exact) mass is 254 g/mol. The molecule has 5 heteroatoms. The highest BCUT2D eigenvalue weighted by atomic mass is 16.5. The van der Waals surface area contributed by atoms with Crippen LogP contribution >= 0.6 is 0 Å². The molecule has 5 nitrogen and oxygen atoms in total. The minimum absolute atomic E-state index is 0.103. The maximum Gasteiger partial charge on any atom is 0.310 e. The normalized spacial score (nSPS) is 28.2. The van der Waals surface area contributed by atoms with Crippen LogP contribution in [0.5, 0.6) is 0 Å². The Kier molecular flexibility index (Phi) is 4.58. The number of ether oxygens (including phenoxy) is 1. The van der Waals surface area contributed by atoms with Crippen LogP contribution in [0.25, 0.3) is 0 Å². The van der Waals surface area contributed by atoms with Crippen LogP contribution in [-0.2, 0) is 14.3 Å². The van der Waals surface area contributed by atoms with Crippen molar-refractivity contribution in [3.63, 3.8) is 0 Å². The number of nitrogens with zero attached hydrogens (tertiary/aromatic N) is 1. The van der Waals surface area contributed by atoms with Gasteiger partial charge in [-0.3, -0.25) is 9.59 Å². The predicted molar refractivity (Wildman–Crippen MR) is 66.9 cm³/mol. The van der Waals surface area contributed by atoms with E-state index in [1.54, 1.807) is 0 Å². The molecule has 2 rings (SSSR count). The summed E-state index contributed by atoms with van der Waals surface area (Å²) in [5.74, 6) is 0.0245. The molecule has 0 aliphatic carbocycles. The van der Waals surface area contributed by atoms with Gasteiger partial charge in [-0.25, -0.2) is 0 Å². The lowest BCUT2D eigenvalue weighted by molar-refractivity contribution is -0.151. The molecule has 2 aliphatic rings. The quantitative estimate of drug-likeness (QED) is 0.741. The smallest absolute Gasteiger partial charge is 0.310 e. The number of hydrogen-bond donors (Lipinski definition) is 1. The number of esters is 1. The largest absolute Gasteiger partial charge is 0.466 e. The first-order chi connectivity index (χ1) is 8.72. The van der Waals surface area contributed by atoms with Gasteiger partial charge in [0.15, 0.2) is 0 Å². The molecule has 18 heavy (non-hydrogen) atoms. The van der Waals surface area contributed by atoms with Gasteiger partial charge in [-0.1, -0.05) is 0 Å². The van der Waals surface area contributed by atoms with E-state index in [-0.39, 0.29) is 23.7 Å². The Labute approximate surface area is 108 Å². The average Bonchev–Trinajstić information content (AvgIpc) is 2.92. The number of likely N-dealkylation sites (tertiary alicyclic amines) is 1. The number of amides is 1. The topological polar surface area (TPSA) is 58.6 Å². The van der Waals surface area contributed by atoms with E-state index in [4.69, 9.17) is 4.74 Å². The lowest BCUT2D eigenvalue weighted by atomic mass is 9.96. The third kappa shape index (κ3) is 3.02. The van der Waals surface area contributed by atoms with Gasteiger partial charge < -0.3 is 15.0 Å². The van der Waals surface area contributed by atoms with E-state index in [0.717, 1.165) is 38.9 Å². The Bertz CT molecular complexity index is 313. The zero-order valence-electron chi connectivity index (χ0n) is 11.0. The minimum Gasteiger partial charge on any atom is -0.466 e. The third-order valence-corrected chi connectivity index (χ3v) is 3.76. The van der Waals surface area contributed by atoms with Crippen molar-refractivity contribution >= 4 is 11.9 Å². The molecule has 0 bridgehead atoms. The van der Waals surface area contributed by atoms with Crippen LogP contribution in [0.4, 0.5) is 0 Å². The van der Waals surface area contributed by atoms with E-state index < -0.39 is 0 Å². The van der Waals surface area contributed by atoms with Crippen molar-refractivity contribution < 1.29 is 14.3 Å². The molecular formula is C13H22N2O3. The lowest BCUT2D eigenvalue weighted by Gasteiger charge is -2.33. The summed E-state index contributed by atoms with van der Waals surface area (Å²) in [6.07, 6.45) is 2.65. The number of nitrogens with one attached hydrogen (secondary N) is 1. The molecular weight excluding hydrogens is 232 g/mol. The van der Waals surface area contributed by atoms with Crippen molar-refractivity contribution in [2.24, 2.45) is 11.8 Å². The second-order valence-corrected chi connectivity index (χ2v) is 5.07. The van der Waals surface area contributed by atoms with E-state index in [1.807, 2.05) is 11.8 Å². The van der Waals surface area contributed by atoms with Crippen molar-refractivity contribution in [2.45, 2.75) is 26.2 Å². The summed E-state index contributed by atoms with van der Waals surface area (Å²) in [7, 11) is 0. The standard InChI is InChI=1S/C13H22N2O3/c1-2-18-13(17)11-4-3-7-15(9-11)12(16)10-5-6-14-8-10/h10-11,14H,2-9H2,1H3. The minimum atomic E-state index is -0.153. The Morgan fingerprint density at radius 2 is 2.17 bits per heavy atom. The molecule has 2 atom stereocenters. The van der Waals surface area contributed by atoms with E-state index in [9.17, 15) is 9.59 Å². The molecule has 2 aliphatic heterocycles. The van der Waals surface area contributed by atoms with Gasteiger partial charge >= 0.3 is 5.97 Å². The Hall–Kier alpha value is -1.10. The van der Waals surface area contributed by atoms with Crippen molar-refractivity contribution in [2.75, 3.05) is 32.8 Å². The number of carbonyl (C=O) groups is 2. The van der Waals surface area contributed by atoms with Crippen molar-refractivity contribution in [3.8, 4) is 0 Å². The molecule has 1 N–H and O–H groups in total. The average molecular weight is 254 g/mol. The Balaban J connectivity index is 1.89. The Morgan fingerprint density at radius 3 is 2.83 bits per heavy atom. The SMILES string of the molecule is CCOC(=O)C1CCCN(C(=O)C2CCNC2)C1. The van der Waals surface area contributed by atoms with Gasteiger partial charge in [0, 0.05) is 19.6 Å². The molecule has 0 aromatic rings. The maximum atomic E-state index is 12.3. The zero-order valence-corrected chi connectivity index (χ0v) is 11.0. The van der Waals surface area contributed by atoms with Crippen LogP contribution < -0.4 is 5.32 Å². The Morgan fingerprint density at radius 1 is 1.33 bits per heavy atom. The first-order valence-corrected chi connectivity index (χ1v) is 6.88. The number of hydrogen-bond acceptors (Lipinski definition) is 4. The van der Waals surface area contributed by atoms with Gasteiger partial charge in [-0.05, 0) is 32.7 Å². The molecule has 0 saturated carbocycles. The van der Waals surface area contributed by atoms with Gasteiger partial charge in [0.1, 0.15) is 0 Å². The van der Waals surface area contributed by atoms with Crippen LogP contribution in [0.2, 0.25) is 0 Å². The molecule has 1 amide bonds. The fourth-order valence-electron chi connectivity index (χ4n) is 2.75. The summed E-state index contributed by atoms with van der Waals surface area (Å²) in [6, 6.07) is 0. The summed E-state index contributed by atoms with van der Waals surface area (Å²) >= 11 is 0. The lowest BCUT2D eigenvalue weighted by Crippen LogP contribution is -2.45. The molecule has 0 radical (unpaired) electrons. The first-order valence-electron chi connectivity index (χ1n) is 6.88. The summed E-state index contributed by atoms with van der Waals surface area (Å²) < 4.78 is 5.05. The van der Waals surface area contributed by atoms with Crippen LogP contribution in [0.3, 0.4) is 0 Å². The van der Waals surface area contributed by atoms with Crippen molar-refractivity contribution in [3.05, 3.63) is 0 Å². The van der Waals surface area contributed by atoms with Crippen LogP contribution in [-0.4, -0.2) is 49.6 Å². The fraction of sp³-hybridized carbons (Fsp3) is 0.846. The molecule has 0 aromatic heterocycles. The zero-order chi connectivity index (χ0) is 13.0. The van der Waals surface area contributed by atoms with Gasteiger partial charge in [0.2, 0.25) is 5.91 Å². The van der Waals surface area contributed by atoms with E-state index >= 15 is 0 Å². The summed E-state index contributed by atoms with van der Waals surface area (Å²) in [4.78, 5) is 25.8. The predicted octanol–water partition coefficient (Wildman–Crippen LogP) is 0.398. The highest BCUT2D eigenvalue weighted by Gasteiger charge is 2.33. The van der Waals surface area contributed by atoms with Crippen LogP contribution in [0.1, 0.15) is 26.2 Å². The van der Waals surface area contributed by atoms with Crippen LogP contribution in [0, 0.1) is 11.8 Å². The first kappa shape index (κ1) is 13.3. The summed E-state index contributed by atoms with van der Waals surface area (Å²) in [5, 5.41) is 3.21. The summed E-state index contributed by atoms with van der Waals surface area (Å²) in [6.45, 7) is 5.24. The van der Waals surface area contributed by atoms with Crippen molar-refractivity contribution in [1.82, 2.24) is 10.2 Å². The maximum absolute atomic E-state index is 12.3. The second kappa shape index (κ2) is 6.18. The highest BCUT2D eigenvalue weighted by molar-refractivity contribution is 5.81. The molecule has 2 heterocycles. The van der Waals surface area contributed by atoms with Gasteiger partial charge in [-0.2, -0.15) is 0 Å². The summed E-state index contributed by atoms with van der Waals surface area (Å²) in [5.41, 5.74) is 0. The number of piperidine rings is 1. The van der Waals surface area contributed by atoms with Gasteiger partial charge in [0.25, 0.3) is 0 Å². The molecule has 0 aromatic carbocycles.